The maximum absolute atomic E-state index is 12.6. The van der Waals surface area contributed by atoms with Crippen molar-refractivity contribution in [2.24, 2.45) is 0 Å². The predicted octanol–water partition coefficient (Wildman–Crippen LogP) is 4.42. The van der Waals surface area contributed by atoms with Crippen molar-refractivity contribution in [2.45, 2.75) is 4.90 Å². The summed E-state index contributed by atoms with van der Waals surface area (Å²) in [5, 5.41) is 13.0. The van der Waals surface area contributed by atoms with Crippen molar-refractivity contribution in [3.8, 4) is 22.6 Å². The maximum Gasteiger partial charge on any atom is 0.261 e. The Kier molecular flexibility index (Phi) is 5.16. The van der Waals surface area contributed by atoms with Crippen molar-refractivity contribution in [1.82, 2.24) is 24.8 Å². The van der Waals surface area contributed by atoms with Crippen molar-refractivity contribution in [1.29, 1.82) is 0 Å². The van der Waals surface area contributed by atoms with Gasteiger partial charge in [-0.05, 0) is 60.7 Å². The summed E-state index contributed by atoms with van der Waals surface area (Å²) < 4.78 is 30.3. The SMILES string of the molecule is O=S(=O)(Nc1ccc(-c2ccc3nnc(-c4cccnc4)n3n2)cc1)c1ccc(Br)cc1. The van der Waals surface area contributed by atoms with Gasteiger partial charge in [-0.15, -0.1) is 10.2 Å². The summed E-state index contributed by atoms with van der Waals surface area (Å²) in [4.78, 5) is 4.31. The number of aromatic nitrogens is 5. The molecule has 5 rings (SSSR count). The van der Waals surface area contributed by atoms with Gasteiger partial charge in [-0.1, -0.05) is 28.1 Å². The smallest absolute Gasteiger partial charge is 0.261 e. The van der Waals surface area contributed by atoms with Gasteiger partial charge in [0.25, 0.3) is 10.0 Å². The molecule has 0 radical (unpaired) electrons. The first kappa shape index (κ1) is 20.3. The quantitative estimate of drug-likeness (QED) is 0.378. The van der Waals surface area contributed by atoms with E-state index in [9.17, 15) is 8.42 Å². The van der Waals surface area contributed by atoms with Crippen LogP contribution in [0.25, 0.3) is 28.3 Å². The van der Waals surface area contributed by atoms with Crippen molar-refractivity contribution in [3.63, 3.8) is 0 Å². The number of hydrogen-bond acceptors (Lipinski definition) is 6. The lowest BCUT2D eigenvalue weighted by atomic mass is 10.1. The number of nitrogens with zero attached hydrogens (tertiary/aromatic N) is 5. The van der Waals surface area contributed by atoms with E-state index in [0.717, 1.165) is 15.6 Å². The minimum absolute atomic E-state index is 0.187. The Hall–Kier alpha value is -3.63. The largest absolute Gasteiger partial charge is 0.280 e. The Bertz CT molecular complexity index is 1500. The fourth-order valence-electron chi connectivity index (χ4n) is 3.15. The zero-order chi connectivity index (χ0) is 22.1. The molecule has 32 heavy (non-hydrogen) atoms. The van der Waals surface area contributed by atoms with E-state index in [1.807, 2.05) is 36.4 Å². The van der Waals surface area contributed by atoms with E-state index in [4.69, 9.17) is 0 Å². The molecule has 0 amide bonds. The molecule has 0 atom stereocenters. The second-order valence-electron chi connectivity index (χ2n) is 6.89. The summed E-state index contributed by atoms with van der Waals surface area (Å²) in [6.45, 7) is 0. The lowest BCUT2D eigenvalue weighted by Gasteiger charge is -2.09. The number of anilines is 1. The monoisotopic (exact) mass is 506 g/mol. The molecule has 0 unspecified atom stereocenters. The molecule has 3 heterocycles. The molecular formula is C22H15BrN6O2S. The molecule has 0 aliphatic carbocycles. The number of hydrogen-bond donors (Lipinski definition) is 1. The Labute approximate surface area is 192 Å². The minimum Gasteiger partial charge on any atom is -0.280 e. The summed E-state index contributed by atoms with van der Waals surface area (Å²) in [7, 11) is -3.68. The molecule has 0 saturated carbocycles. The van der Waals surface area contributed by atoms with E-state index < -0.39 is 10.0 Å². The third-order valence-electron chi connectivity index (χ3n) is 4.74. The summed E-state index contributed by atoms with van der Waals surface area (Å²) in [6.07, 6.45) is 3.40. The van der Waals surface area contributed by atoms with E-state index in [0.29, 0.717) is 22.9 Å². The molecular weight excluding hydrogens is 492 g/mol. The van der Waals surface area contributed by atoms with Crippen molar-refractivity contribution >= 4 is 37.3 Å². The Balaban J connectivity index is 1.43. The Morgan fingerprint density at radius 3 is 2.34 bits per heavy atom. The number of sulfonamides is 1. The first-order valence-corrected chi connectivity index (χ1v) is 11.8. The van der Waals surface area contributed by atoms with Crippen molar-refractivity contribution in [3.05, 3.63) is 89.7 Å². The van der Waals surface area contributed by atoms with E-state index in [1.54, 1.807) is 53.3 Å². The van der Waals surface area contributed by atoms with E-state index in [2.05, 4.69) is 40.9 Å². The molecule has 0 saturated heterocycles. The van der Waals surface area contributed by atoms with Gasteiger partial charge in [-0.25, -0.2) is 8.42 Å². The van der Waals surface area contributed by atoms with Crippen molar-refractivity contribution in [2.75, 3.05) is 4.72 Å². The molecule has 8 nitrogen and oxygen atoms in total. The summed E-state index contributed by atoms with van der Waals surface area (Å²) in [5.74, 6) is 0.592. The van der Waals surface area contributed by atoms with Gasteiger partial charge in [0.05, 0.1) is 10.6 Å². The van der Waals surface area contributed by atoms with Crippen LogP contribution in [-0.2, 0) is 10.0 Å². The third-order valence-corrected chi connectivity index (χ3v) is 6.67. The molecule has 0 fully saturated rings. The topological polar surface area (TPSA) is 102 Å². The van der Waals surface area contributed by atoms with Gasteiger partial charge in [0.1, 0.15) is 0 Å². The molecule has 0 aliphatic rings. The first-order chi connectivity index (χ1) is 15.5. The second-order valence-corrected chi connectivity index (χ2v) is 9.49. The molecule has 0 spiro atoms. The van der Waals surface area contributed by atoms with Crippen molar-refractivity contribution < 1.29 is 8.42 Å². The molecule has 1 N–H and O–H groups in total. The molecule has 2 aromatic carbocycles. The fraction of sp³-hybridized carbons (Fsp3) is 0. The molecule has 5 aromatic rings. The number of benzene rings is 2. The Morgan fingerprint density at radius 1 is 0.844 bits per heavy atom. The molecule has 10 heteroatoms. The number of rotatable bonds is 5. The number of fused-ring (bicyclic) bond motifs is 1. The number of pyridine rings is 1. The molecule has 158 valence electrons. The minimum atomic E-state index is -3.68. The van der Waals surface area contributed by atoms with E-state index >= 15 is 0 Å². The zero-order valence-corrected chi connectivity index (χ0v) is 18.8. The highest BCUT2D eigenvalue weighted by Gasteiger charge is 2.15. The van der Waals surface area contributed by atoms with Gasteiger partial charge in [0, 0.05) is 33.7 Å². The molecule has 0 bridgehead atoms. The van der Waals surface area contributed by atoms with Gasteiger partial charge in [-0.2, -0.15) is 9.61 Å². The maximum atomic E-state index is 12.6. The van der Waals surface area contributed by atoms with Crippen LogP contribution in [0.1, 0.15) is 0 Å². The van der Waals surface area contributed by atoms with Gasteiger partial charge in [-0.3, -0.25) is 9.71 Å². The molecule has 3 aromatic heterocycles. The highest BCUT2D eigenvalue weighted by Crippen LogP contribution is 2.24. The highest BCUT2D eigenvalue weighted by atomic mass is 79.9. The standard InChI is InChI=1S/C22H15BrN6O2S/c23-17-5-9-19(10-6-17)32(30,31)28-18-7-3-15(4-8-18)20-11-12-21-25-26-22(29(21)27-20)16-2-1-13-24-14-16/h1-14,28H. The average molecular weight is 507 g/mol. The van der Waals surface area contributed by atoms with Crippen LogP contribution in [0.2, 0.25) is 0 Å². The summed E-state index contributed by atoms with van der Waals surface area (Å²) in [6, 6.07) is 20.9. The van der Waals surface area contributed by atoms with Crippen LogP contribution in [0.15, 0.2) is 94.6 Å². The summed E-state index contributed by atoms with van der Waals surface area (Å²) in [5.41, 5.74) is 3.40. The average Bonchev–Trinajstić information content (AvgIpc) is 3.23. The Morgan fingerprint density at radius 2 is 1.62 bits per heavy atom. The van der Waals surface area contributed by atoms with Gasteiger partial charge < -0.3 is 0 Å². The summed E-state index contributed by atoms with van der Waals surface area (Å²) >= 11 is 3.31. The predicted molar refractivity (Wildman–Crippen MR) is 124 cm³/mol. The van der Waals surface area contributed by atoms with Crippen LogP contribution >= 0.6 is 15.9 Å². The zero-order valence-electron chi connectivity index (χ0n) is 16.4. The number of nitrogens with one attached hydrogen (secondary N) is 1. The van der Waals surface area contributed by atoms with Crippen LogP contribution in [-0.4, -0.2) is 33.2 Å². The number of halogens is 1. The molecule has 0 aliphatic heterocycles. The fourth-order valence-corrected chi connectivity index (χ4v) is 4.48. The van der Waals surface area contributed by atoms with Crippen LogP contribution in [0, 0.1) is 0 Å². The van der Waals surface area contributed by atoms with Crippen LogP contribution in [0.3, 0.4) is 0 Å². The van der Waals surface area contributed by atoms with Gasteiger partial charge in [0.15, 0.2) is 11.5 Å². The lowest BCUT2D eigenvalue weighted by molar-refractivity contribution is 0.601. The lowest BCUT2D eigenvalue weighted by Crippen LogP contribution is -2.12. The first-order valence-electron chi connectivity index (χ1n) is 9.51. The van der Waals surface area contributed by atoms with Gasteiger partial charge in [0.2, 0.25) is 0 Å². The van der Waals surface area contributed by atoms with Crippen LogP contribution in [0.5, 0.6) is 0 Å². The van der Waals surface area contributed by atoms with Crippen LogP contribution < -0.4 is 4.72 Å². The normalized spacial score (nSPS) is 11.5. The highest BCUT2D eigenvalue weighted by molar-refractivity contribution is 9.10. The second kappa shape index (κ2) is 8.13. The van der Waals surface area contributed by atoms with Crippen LogP contribution in [0.4, 0.5) is 5.69 Å². The van der Waals surface area contributed by atoms with Gasteiger partial charge >= 0.3 is 0 Å². The van der Waals surface area contributed by atoms with E-state index in [1.165, 1.54) is 0 Å². The van der Waals surface area contributed by atoms with E-state index in [-0.39, 0.29) is 4.90 Å². The third kappa shape index (κ3) is 3.97.